The first-order valence-electron chi connectivity index (χ1n) is 9.93. The van der Waals surface area contributed by atoms with Crippen LogP contribution < -0.4 is 0 Å². The van der Waals surface area contributed by atoms with Crippen molar-refractivity contribution in [3.05, 3.63) is 71.0 Å². The molecule has 4 rings (SSSR count). The van der Waals surface area contributed by atoms with Crippen molar-refractivity contribution in [2.75, 3.05) is 26.7 Å². The maximum absolute atomic E-state index is 13.5. The van der Waals surface area contributed by atoms with Crippen LogP contribution in [0.15, 0.2) is 48.5 Å². The molecular weight excluding hydrogens is 339 g/mol. The highest BCUT2D eigenvalue weighted by Gasteiger charge is 2.33. The van der Waals surface area contributed by atoms with Gasteiger partial charge >= 0.3 is 0 Å². The van der Waals surface area contributed by atoms with Crippen molar-refractivity contribution in [1.82, 2.24) is 9.80 Å². The topological polar surface area (TPSA) is 23.6 Å². The maximum atomic E-state index is 13.5. The molecule has 2 heterocycles. The first-order chi connectivity index (χ1) is 13.1. The Hall–Kier alpha value is -2.20. The smallest absolute Gasteiger partial charge is 0.223 e. The number of hydrogen-bond donors (Lipinski definition) is 0. The Kier molecular flexibility index (Phi) is 5.26. The fourth-order valence-electron chi connectivity index (χ4n) is 4.47. The second kappa shape index (κ2) is 7.81. The summed E-state index contributed by atoms with van der Waals surface area (Å²) in [5, 5.41) is 0. The largest absolute Gasteiger partial charge is 0.331 e. The van der Waals surface area contributed by atoms with Crippen molar-refractivity contribution in [3.8, 4) is 0 Å². The number of hydrogen-bond acceptors (Lipinski definition) is 2. The Morgan fingerprint density at radius 1 is 1.04 bits per heavy atom. The van der Waals surface area contributed by atoms with Gasteiger partial charge in [0.25, 0.3) is 0 Å². The van der Waals surface area contributed by atoms with Gasteiger partial charge in [0.05, 0.1) is 6.04 Å². The highest BCUT2D eigenvalue weighted by atomic mass is 19.1. The Morgan fingerprint density at radius 2 is 1.74 bits per heavy atom. The quantitative estimate of drug-likeness (QED) is 0.819. The zero-order chi connectivity index (χ0) is 18.8. The lowest BCUT2D eigenvalue weighted by Crippen LogP contribution is -2.42. The van der Waals surface area contributed by atoms with Gasteiger partial charge in [0, 0.05) is 13.0 Å². The third-order valence-corrected chi connectivity index (χ3v) is 6.09. The molecule has 1 amide bonds. The number of carbonyl (C=O) groups excluding carboxylic acids is 1. The highest BCUT2D eigenvalue weighted by Crippen LogP contribution is 2.36. The molecule has 0 N–H and O–H groups in total. The molecule has 1 saturated heterocycles. The van der Waals surface area contributed by atoms with Gasteiger partial charge < -0.3 is 9.80 Å². The van der Waals surface area contributed by atoms with Gasteiger partial charge in [-0.2, -0.15) is 0 Å². The van der Waals surface area contributed by atoms with E-state index in [1.807, 2.05) is 23.1 Å². The van der Waals surface area contributed by atoms with Gasteiger partial charge in [-0.15, -0.1) is 0 Å². The molecule has 3 nitrogen and oxygen atoms in total. The van der Waals surface area contributed by atoms with E-state index in [-0.39, 0.29) is 17.8 Å². The third kappa shape index (κ3) is 3.91. The fraction of sp³-hybridized carbons (Fsp3) is 0.435. The van der Waals surface area contributed by atoms with Gasteiger partial charge in [0.2, 0.25) is 5.91 Å². The minimum atomic E-state index is -0.243. The fourth-order valence-corrected chi connectivity index (χ4v) is 4.47. The number of likely N-dealkylation sites (tertiary alicyclic amines) is 1. The number of benzene rings is 2. The average Bonchev–Trinajstić information content (AvgIpc) is 2.69. The lowest BCUT2D eigenvalue weighted by Gasteiger charge is -2.39. The van der Waals surface area contributed by atoms with Crippen LogP contribution >= 0.6 is 0 Å². The van der Waals surface area contributed by atoms with Gasteiger partial charge in [0.1, 0.15) is 5.82 Å². The second-order valence-corrected chi connectivity index (χ2v) is 7.94. The maximum Gasteiger partial charge on any atom is 0.223 e. The molecule has 0 aliphatic carbocycles. The lowest BCUT2D eigenvalue weighted by molar-refractivity contribution is -0.134. The molecule has 2 aromatic rings. The van der Waals surface area contributed by atoms with Crippen LogP contribution in [0.25, 0.3) is 0 Å². The van der Waals surface area contributed by atoms with Crippen LogP contribution in [0.4, 0.5) is 4.39 Å². The molecule has 0 saturated carbocycles. The van der Waals surface area contributed by atoms with Gasteiger partial charge in [-0.3, -0.25) is 4.79 Å². The van der Waals surface area contributed by atoms with Gasteiger partial charge in [-0.1, -0.05) is 36.4 Å². The number of nitrogens with zero attached hydrogens (tertiary/aromatic N) is 2. The monoisotopic (exact) mass is 366 g/mol. The van der Waals surface area contributed by atoms with Crippen LogP contribution in [-0.4, -0.2) is 42.4 Å². The SMILES string of the molecule is CN1CCC(CC(=O)N2CCc3ccccc3[C@@H]2c2ccc(F)cc2)CC1. The van der Waals surface area contributed by atoms with Crippen molar-refractivity contribution in [2.24, 2.45) is 5.92 Å². The van der Waals surface area contributed by atoms with Crippen molar-refractivity contribution in [3.63, 3.8) is 0 Å². The molecule has 2 aliphatic heterocycles. The first kappa shape index (κ1) is 18.2. The predicted octanol–water partition coefficient (Wildman–Crippen LogP) is 4.03. The summed E-state index contributed by atoms with van der Waals surface area (Å²) in [7, 11) is 2.14. The average molecular weight is 366 g/mol. The van der Waals surface area contributed by atoms with Crippen molar-refractivity contribution < 1.29 is 9.18 Å². The second-order valence-electron chi connectivity index (χ2n) is 7.94. The number of fused-ring (bicyclic) bond motifs is 1. The Labute approximate surface area is 160 Å². The van der Waals surface area contributed by atoms with Crippen molar-refractivity contribution >= 4 is 5.91 Å². The summed E-state index contributed by atoms with van der Waals surface area (Å²) < 4.78 is 13.5. The van der Waals surface area contributed by atoms with Crippen LogP contribution in [0.5, 0.6) is 0 Å². The van der Waals surface area contributed by atoms with Crippen LogP contribution in [0.1, 0.15) is 42.0 Å². The Morgan fingerprint density at radius 3 is 2.48 bits per heavy atom. The summed E-state index contributed by atoms with van der Waals surface area (Å²) >= 11 is 0. The summed E-state index contributed by atoms with van der Waals surface area (Å²) in [4.78, 5) is 17.6. The van der Waals surface area contributed by atoms with E-state index < -0.39 is 0 Å². The van der Waals surface area contributed by atoms with Crippen LogP contribution in [-0.2, 0) is 11.2 Å². The van der Waals surface area contributed by atoms with Crippen LogP contribution in [0, 0.1) is 11.7 Å². The van der Waals surface area contributed by atoms with E-state index in [9.17, 15) is 9.18 Å². The minimum Gasteiger partial charge on any atom is -0.331 e. The van der Waals surface area contributed by atoms with Crippen molar-refractivity contribution in [1.29, 1.82) is 0 Å². The zero-order valence-corrected chi connectivity index (χ0v) is 15.9. The van der Waals surface area contributed by atoms with Gasteiger partial charge in [-0.25, -0.2) is 4.39 Å². The summed E-state index contributed by atoms with van der Waals surface area (Å²) in [6, 6.07) is 14.8. The minimum absolute atomic E-state index is 0.116. The summed E-state index contributed by atoms with van der Waals surface area (Å²) in [6.45, 7) is 2.87. The van der Waals surface area contributed by atoms with E-state index >= 15 is 0 Å². The number of carbonyl (C=O) groups is 1. The Balaban J connectivity index is 1.60. The van der Waals surface area contributed by atoms with Gasteiger partial charge in [0.15, 0.2) is 0 Å². The number of halogens is 1. The molecular formula is C23H27FN2O. The van der Waals surface area contributed by atoms with Gasteiger partial charge in [-0.05, 0) is 74.1 Å². The van der Waals surface area contributed by atoms with Crippen LogP contribution in [0.2, 0.25) is 0 Å². The summed E-state index contributed by atoms with van der Waals surface area (Å²) in [5.41, 5.74) is 3.45. The molecule has 1 atom stereocenters. The zero-order valence-electron chi connectivity index (χ0n) is 15.9. The van der Waals surface area contributed by atoms with E-state index in [2.05, 4.69) is 30.1 Å². The first-order valence-corrected chi connectivity index (χ1v) is 9.93. The third-order valence-electron chi connectivity index (χ3n) is 6.09. The number of amides is 1. The molecule has 0 spiro atoms. The normalized spacial score (nSPS) is 21.1. The molecule has 142 valence electrons. The summed E-state index contributed by atoms with van der Waals surface area (Å²) in [6.07, 6.45) is 3.68. The molecule has 2 aromatic carbocycles. The van der Waals surface area contributed by atoms with E-state index in [0.29, 0.717) is 12.3 Å². The predicted molar refractivity (Wildman–Crippen MR) is 105 cm³/mol. The van der Waals surface area contributed by atoms with E-state index in [0.717, 1.165) is 44.5 Å². The molecule has 4 heteroatoms. The lowest BCUT2D eigenvalue weighted by atomic mass is 9.86. The van der Waals surface area contributed by atoms with Crippen LogP contribution in [0.3, 0.4) is 0 Å². The van der Waals surface area contributed by atoms with E-state index in [4.69, 9.17) is 0 Å². The molecule has 2 aliphatic rings. The number of rotatable bonds is 3. The Bertz CT molecular complexity index is 796. The molecule has 0 bridgehead atoms. The molecule has 0 unspecified atom stereocenters. The molecule has 0 aromatic heterocycles. The van der Waals surface area contributed by atoms with E-state index in [1.54, 1.807) is 0 Å². The molecule has 0 radical (unpaired) electrons. The van der Waals surface area contributed by atoms with Crippen molar-refractivity contribution in [2.45, 2.75) is 31.7 Å². The summed E-state index contributed by atoms with van der Waals surface area (Å²) in [5.74, 6) is 0.458. The number of piperidine rings is 1. The standard InChI is InChI=1S/C23H27FN2O/c1-25-13-10-17(11-14-25)16-22(27)26-15-12-18-4-2-3-5-21(18)23(26)19-6-8-20(24)9-7-19/h2-9,17,23H,10-16H2,1H3/t23-/m0/s1. The van der Waals surface area contributed by atoms with E-state index in [1.165, 1.54) is 23.3 Å². The molecule has 27 heavy (non-hydrogen) atoms. The molecule has 1 fully saturated rings. The highest BCUT2D eigenvalue weighted by molar-refractivity contribution is 5.78.